The molecule has 1 unspecified atom stereocenters. The summed E-state index contributed by atoms with van der Waals surface area (Å²) < 4.78 is 32.5. The van der Waals surface area contributed by atoms with E-state index in [4.69, 9.17) is 4.74 Å². The zero-order chi connectivity index (χ0) is 17.9. The van der Waals surface area contributed by atoms with Crippen molar-refractivity contribution in [2.75, 3.05) is 32.8 Å². The summed E-state index contributed by atoms with van der Waals surface area (Å²) in [5.41, 5.74) is 1.15. The molecular formula is C18H26N2O4S. The molecule has 6 nitrogen and oxygen atoms in total. The molecule has 0 bridgehead atoms. The SMILES string of the molecule is CCCc1ccc(S(=O)(=O)N2CCN(C(=O)C3CCCO3)CC2)cc1. The Morgan fingerprint density at radius 1 is 1.16 bits per heavy atom. The van der Waals surface area contributed by atoms with Gasteiger partial charge in [0.1, 0.15) is 6.10 Å². The van der Waals surface area contributed by atoms with Crippen molar-refractivity contribution in [2.45, 2.75) is 43.6 Å². The zero-order valence-corrected chi connectivity index (χ0v) is 15.5. The van der Waals surface area contributed by atoms with Gasteiger partial charge in [0.15, 0.2) is 0 Å². The van der Waals surface area contributed by atoms with Crippen LogP contribution in [0, 0.1) is 0 Å². The molecule has 3 rings (SSSR count). The quantitative estimate of drug-likeness (QED) is 0.795. The van der Waals surface area contributed by atoms with Crippen LogP contribution in [0.2, 0.25) is 0 Å². The van der Waals surface area contributed by atoms with E-state index in [-0.39, 0.29) is 12.0 Å². The number of carbonyl (C=O) groups excluding carboxylic acids is 1. The van der Waals surface area contributed by atoms with Crippen molar-refractivity contribution in [1.29, 1.82) is 0 Å². The topological polar surface area (TPSA) is 66.9 Å². The standard InChI is InChI=1S/C18H26N2O4S/c1-2-4-15-6-8-16(9-7-15)25(22,23)20-12-10-19(11-13-20)18(21)17-5-3-14-24-17/h6-9,17H,2-5,10-14H2,1H3. The fourth-order valence-corrected chi connectivity index (χ4v) is 4.81. The van der Waals surface area contributed by atoms with Gasteiger partial charge >= 0.3 is 0 Å². The Bertz CT molecular complexity index is 688. The third-order valence-corrected chi connectivity index (χ3v) is 6.77. The van der Waals surface area contributed by atoms with Gasteiger partial charge in [0.2, 0.25) is 10.0 Å². The van der Waals surface area contributed by atoms with Gasteiger partial charge in [-0.15, -0.1) is 0 Å². The van der Waals surface area contributed by atoms with E-state index >= 15 is 0 Å². The molecule has 2 fully saturated rings. The molecule has 2 heterocycles. The molecule has 0 N–H and O–H groups in total. The molecule has 1 atom stereocenters. The third-order valence-electron chi connectivity index (χ3n) is 4.86. The average molecular weight is 366 g/mol. The van der Waals surface area contributed by atoms with Crippen LogP contribution < -0.4 is 0 Å². The van der Waals surface area contributed by atoms with Crippen molar-refractivity contribution in [2.24, 2.45) is 0 Å². The number of amides is 1. The van der Waals surface area contributed by atoms with E-state index in [2.05, 4.69) is 6.92 Å². The number of piperazine rings is 1. The number of carbonyl (C=O) groups is 1. The van der Waals surface area contributed by atoms with Gasteiger partial charge in [-0.1, -0.05) is 25.5 Å². The lowest BCUT2D eigenvalue weighted by Crippen LogP contribution is -2.52. The third kappa shape index (κ3) is 4.04. The van der Waals surface area contributed by atoms with Crippen LogP contribution in [0.4, 0.5) is 0 Å². The highest BCUT2D eigenvalue weighted by Crippen LogP contribution is 2.20. The minimum atomic E-state index is -3.50. The first-order chi connectivity index (χ1) is 12.0. The lowest BCUT2D eigenvalue weighted by molar-refractivity contribution is -0.142. The Hall–Kier alpha value is -1.44. The molecule has 2 aliphatic heterocycles. The highest BCUT2D eigenvalue weighted by molar-refractivity contribution is 7.89. The molecule has 0 spiro atoms. The van der Waals surface area contributed by atoms with E-state index < -0.39 is 10.0 Å². The van der Waals surface area contributed by atoms with Crippen LogP contribution >= 0.6 is 0 Å². The maximum atomic E-state index is 12.8. The maximum absolute atomic E-state index is 12.8. The molecule has 1 aromatic carbocycles. The Balaban J connectivity index is 1.61. The first-order valence-corrected chi connectivity index (χ1v) is 10.5. The van der Waals surface area contributed by atoms with Crippen molar-refractivity contribution in [3.8, 4) is 0 Å². The van der Waals surface area contributed by atoms with E-state index in [0.29, 0.717) is 37.7 Å². The van der Waals surface area contributed by atoms with E-state index in [0.717, 1.165) is 31.2 Å². The van der Waals surface area contributed by atoms with Crippen LogP contribution in [-0.2, 0) is 26.0 Å². The first kappa shape index (κ1) is 18.4. The van der Waals surface area contributed by atoms with Crippen molar-refractivity contribution in [3.63, 3.8) is 0 Å². The van der Waals surface area contributed by atoms with Crippen LogP contribution in [0.5, 0.6) is 0 Å². The molecule has 2 saturated heterocycles. The van der Waals surface area contributed by atoms with E-state index in [1.165, 1.54) is 4.31 Å². The van der Waals surface area contributed by atoms with Crippen molar-refractivity contribution in [1.82, 2.24) is 9.21 Å². The second-order valence-electron chi connectivity index (χ2n) is 6.62. The molecule has 2 aliphatic rings. The van der Waals surface area contributed by atoms with Crippen LogP contribution in [0.1, 0.15) is 31.7 Å². The lowest BCUT2D eigenvalue weighted by atomic mass is 10.1. The predicted octanol–water partition coefficient (Wildman–Crippen LogP) is 1.65. The molecule has 1 amide bonds. The van der Waals surface area contributed by atoms with Gasteiger partial charge in [-0.05, 0) is 37.0 Å². The normalized spacial score (nSPS) is 22.3. The van der Waals surface area contributed by atoms with Crippen molar-refractivity contribution < 1.29 is 17.9 Å². The summed E-state index contributed by atoms with van der Waals surface area (Å²) in [5, 5.41) is 0. The number of hydrogen-bond donors (Lipinski definition) is 0. The highest BCUT2D eigenvalue weighted by atomic mass is 32.2. The van der Waals surface area contributed by atoms with Crippen LogP contribution in [-0.4, -0.2) is 62.4 Å². The van der Waals surface area contributed by atoms with Crippen LogP contribution in [0.15, 0.2) is 29.2 Å². The average Bonchev–Trinajstić information content (AvgIpc) is 3.17. The Morgan fingerprint density at radius 3 is 2.40 bits per heavy atom. The number of ether oxygens (including phenoxy) is 1. The van der Waals surface area contributed by atoms with E-state index in [1.807, 2.05) is 12.1 Å². The molecule has 0 radical (unpaired) electrons. The fraction of sp³-hybridized carbons (Fsp3) is 0.611. The van der Waals surface area contributed by atoms with E-state index in [1.54, 1.807) is 17.0 Å². The maximum Gasteiger partial charge on any atom is 0.251 e. The molecule has 0 aliphatic carbocycles. The lowest BCUT2D eigenvalue weighted by Gasteiger charge is -2.35. The summed E-state index contributed by atoms with van der Waals surface area (Å²) in [6.45, 7) is 4.24. The van der Waals surface area contributed by atoms with Crippen molar-refractivity contribution in [3.05, 3.63) is 29.8 Å². The number of nitrogens with zero attached hydrogens (tertiary/aromatic N) is 2. The van der Waals surface area contributed by atoms with E-state index in [9.17, 15) is 13.2 Å². The van der Waals surface area contributed by atoms with Gasteiger partial charge in [0, 0.05) is 32.8 Å². The van der Waals surface area contributed by atoms with Gasteiger partial charge in [0.05, 0.1) is 4.90 Å². The Morgan fingerprint density at radius 2 is 1.84 bits per heavy atom. The second kappa shape index (κ2) is 7.85. The number of rotatable bonds is 5. The van der Waals surface area contributed by atoms with Gasteiger partial charge in [-0.25, -0.2) is 8.42 Å². The van der Waals surface area contributed by atoms with Crippen molar-refractivity contribution >= 4 is 15.9 Å². The number of aryl methyl sites for hydroxylation is 1. The predicted molar refractivity (Wildman–Crippen MR) is 94.7 cm³/mol. The molecule has 1 aromatic rings. The van der Waals surface area contributed by atoms with Gasteiger partial charge in [-0.2, -0.15) is 4.31 Å². The van der Waals surface area contributed by atoms with Gasteiger partial charge in [0.25, 0.3) is 5.91 Å². The summed E-state index contributed by atoms with van der Waals surface area (Å²) in [6, 6.07) is 7.13. The zero-order valence-electron chi connectivity index (χ0n) is 14.7. The summed E-state index contributed by atoms with van der Waals surface area (Å²) in [6.07, 6.45) is 3.33. The minimum absolute atomic E-state index is 0.00142. The fourth-order valence-electron chi connectivity index (χ4n) is 3.39. The first-order valence-electron chi connectivity index (χ1n) is 9.02. The second-order valence-corrected chi connectivity index (χ2v) is 8.56. The smallest absolute Gasteiger partial charge is 0.251 e. The summed E-state index contributed by atoms with van der Waals surface area (Å²) >= 11 is 0. The van der Waals surface area contributed by atoms with Gasteiger partial charge in [-0.3, -0.25) is 4.79 Å². The summed E-state index contributed by atoms with van der Waals surface area (Å²) in [7, 11) is -3.50. The monoisotopic (exact) mass is 366 g/mol. The number of sulfonamides is 1. The molecule has 0 aromatic heterocycles. The molecule has 7 heteroatoms. The summed E-state index contributed by atoms with van der Waals surface area (Å²) in [5.74, 6) is -0.00142. The Kier molecular flexibility index (Phi) is 5.76. The molecule has 25 heavy (non-hydrogen) atoms. The largest absolute Gasteiger partial charge is 0.368 e. The number of hydrogen-bond acceptors (Lipinski definition) is 4. The molecule has 0 saturated carbocycles. The Labute approximate surface area is 149 Å². The summed E-state index contributed by atoms with van der Waals surface area (Å²) in [4.78, 5) is 14.4. The van der Waals surface area contributed by atoms with Gasteiger partial charge < -0.3 is 9.64 Å². The number of benzene rings is 1. The highest BCUT2D eigenvalue weighted by Gasteiger charge is 2.33. The molecule has 138 valence electrons. The van der Waals surface area contributed by atoms with Crippen LogP contribution in [0.25, 0.3) is 0 Å². The van der Waals surface area contributed by atoms with Crippen LogP contribution in [0.3, 0.4) is 0 Å². The minimum Gasteiger partial charge on any atom is -0.368 e. The molecular weight excluding hydrogens is 340 g/mol.